The van der Waals surface area contributed by atoms with Crippen molar-refractivity contribution >= 4 is 5.78 Å². The number of carbonyl (C=O) groups excluding carboxylic acids is 1. The molecule has 0 aromatic rings. The molecule has 3 N–H and O–H groups in total. The van der Waals surface area contributed by atoms with Crippen LogP contribution in [0.4, 0.5) is 0 Å². The molecule has 0 saturated heterocycles. The highest BCUT2D eigenvalue weighted by Crippen LogP contribution is 2.05. The molecular weight excluding hydrogens is 220 g/mol. The zero-order valence-corrected chi connectivity index (χ0v) is 10.5. The second kappa shape index (κ2) is 10.4. The number of unbranched alkanes of at least 4 members (excludes halogenated alkanes) is 5. The third-order valence-electron chi connectivity index (χ3n) is 2.60. The third-order valence-corrected chi connectivity index (χ3v) is 2.60. The predicted octanol–water partition coefficient (Wildman–Crippen LogP) is 1.19. The fraction of sp³-hybridized carbons (Fsp3) is 0.769. The van der Waals surface area contributed by atoms with Gasteiger partial charge in [-0.3, -0.25) is 4.79 Å². The van der Waals surface area contributed by atoms with Crippen molar-refractivity contribution in [2.75, 3.05) is 6.61 Å². The summed E-state index contributed by atoms with van der Waals surface area (Å²) < 4.78 is 0. The molecule has 0 saturated carbocycles. The number of ketones is 1. The zero-order chi connectivity index (χ0) is 13.1. The first kappa shape index (κ1) is 16.3. The average Bonchev–Trinajstić information content (AvgIpc) is 2.35. The molecule has 100 valence electrons. The fourth-order valence-corrected chi connectivity index (χ4v) is 1.45. The Bertz CT molecular complexity index is 225. The highest BCUT2D eigenvalue weighted by molar-refractivity contribution is 5.93. The smallest absolute Gasteiger partial charge is 0.186 e. The zero-order valence-electron chi connectivity index (χ0n) is 10.5. The van der Waals surface area contributed by atoms with Gasteiger partial charge in [-0.05, 0) is 18.9 Å². The Kier molecular flexibility index (Phi) is 10.0. The van der Waals surface area contributed by atoms with Crippen molar-refractivity contribution in [2.45, 2.75) is 57.7 Å². The molecule has 0 aromatic heterocycles. The lowest BCUT2D eigenvalue weighted by Crippen LogP contribution is -2.35. The molecule has 0 rings (SSSR count). The molecule has 2 atom stereocenters. The summed E-state index contributed by atoms with van der Waals surface area (Å²) in [5.41, 5.74) is 0. The van der Waals surface area contributed by atoms with E-state index in [2.05, 4.69) is 6.92 Å². The van der Waals surface area contributed by atoms with Gasteiger partial charge >= 0.3 is 0 Å². The molecule has 0 aromatic carbocycles. The van der Waals surface area contributed by atoms with Crippen LogP contribution < -0.4 is 0 Å². The Morgan fingerprint density at radius 2 is 1.82 bits per heavy atom. The third kappa shape index (κ3) is 8.07. The molecular formula is C13H24O4. The van der Waals surface area contributed by atoms with E-state index in [1.165, 1.54) is 25.3 Å². The molecule has 0 aliphatic heterocycles. The minimum Gasteiger partial charge on any atom is -0.394 e. The van der Waals surface area contributed by atoms with Gasteiger partial charge in [0.25, 0.3) is 0 Å². The van der Waals surface area contributed by atoms with Crippen LogP contribution in [0.3, 0.4) is 0 Å². The van der Waals surface area contributed by atoms with Crippen molar-refractivity contribution < 1.29 is 20.1 Å². The number of hydrogen-bond donors (Lipinski definition) is 3. The standard InChI is InChI=1S/C13H24O4/c1-2-3-4-5-6-7-8-9-11(15)13(17)12(16)10-14/h8-9,12-14,16-17H,2-7,10H2,1H3/t12-,13?/m0/s1. The number of allylic oxidation sites excluding steroid dienone is 1. The van der Waals surface area contributed by atoms with Crippen LogP contribution in [0.15, 0.2) is 12.2 Å². The van der Waals surface area contributed by atoms with E-state index in [1.54, 1.807) is 6.08 Å². The molecule has 0 amide bonds. The van der Waals surface area contributed by atoms with E-state index in [1.807, 2.05) is 0 Å². The summed E-state index contributed by atoms with van der Waals surface area (Å²) >= 11 is 0. The normalized spacial score (nSPS) is 15.1. The molecule has 0 aliphatic rings. The van der Waals surface area contributed by atoms with Crippen LogP contribution in [-0.4, -0.2) is 39.9 Å². The Balaban J connectivity index is 3.66. The van der Waals surface area contributed by atoms with Gasteiger partial charge in [-0.2, -0.15) is 0 Å². The van der Waals surface area contributed by atoms with E-state index >= 15 is 0 Å². The Morgan fingerprint density at radius 1 is 1.18 bits per heavy atom. The molecule has 0 heterocycles. The molecule has 0 fully saturated rings. The molecule has 0 spiro atoms. The molecule has 1 unspecified atom stereocenters. The van der Waals surface area contributed by atoms with E-state index in [0.29, 0.717) is 0 Å². The summed E-state index contributed by atoms with van der Waals surface area (Å²) in [6, 6.07) is 0. The van der Waals surface area contributed by atoms with E-state index < -0.39 is 24.6 Å². The highest BCUT2D eigenvalue weighted by atomic mass is 16.4. The Morgan fingerprint density at radius 3 is 2.41 bits per heavy atom. The summed E-state index contributed by atoms with van der Waals surface area (Å²) in [6.07, 6.45) is 6.72. The highest BCUT2D eigenvalue weighted by Gasteiger charge is 2.20. The first-order valence-electron chi connectivity index (χ1n) is 6.30. The maximum absolute atomic E-state index is 11.3. The van der Waals surface area contributed by atoms with Crippen molar-refractivity contribution in [1.29, 1.82) is 0 Å². The monoisotopic (exact) mass is 244 g/mol. The van der Waals surface area contributed by atoms with Gasteiger partial charge < -0.3 is 15.3 Å². The van der Waals surface area contributed by atoms with Crippen LogP contribution in [0.1, 0.15) is 45.4 Å². The number of carbonyl (C=O) groups is 1. The van der Waals surface area contributed by atoms with E-state index in [-0.39, 0.29) is 0 Å². The van der Waals surface area contributed by atoms with Crippen molar-refractivity contribution in [3.8, 4) is 0 Å². The molecule has 17 heavy (non-hydrogen) atoms. The van der Waals surface area contributed by atoms with Crippen LogP contribution in [-0.2, 0) is 4.79 Å². The quantitative estimate of drug-likeness (QED) is 0.398. The number of hydrogen-bond acceptors (Lipinski definition) is 4. The number of aliphatic hydroxyl groups is 3. The van der Waals surface area contributed by atoms with Gasteiger partial charge in [-0.25, -0.2) is 0 Å². The maximum atomic E-state index is 11.3. The summed E-state index contributed by atoms with van der Waals surface area (Å²) in [4.78, 5) is 11.3. The summed E-state index contributed by atoms with van der Waals surface area (Å²) in [5.74, 6) is -0.555. The van der Waals surface area contributed by atoms with Crippen LogP contribution >= 0.6 is 0 Å². The van der Waals surface area contributed by atoms with Crippen LogP contribution in [0, 0.1) is 0 Å². The van der Waals surface area contributed by atoms with Gasteiger partial charge in [0.1, 0.15) is 12.2 Å². The summed E-state index contributed by atoms with van der Waals surface area (Å²) in [5, 5.41) is 26.8. The Hall–Kier alpha value is -0.710. The van der Waals surface area contributed by atoms with Crippen molar-refractivity contribution in [3.05, 3.63) is 12.2 Å². The van der Waals surface area contributed by atoms with E-state index in [0.717, 1.165) is 19.3 Å². The number of rotatable bonds is 10. The first-order chi connectivity index (χ1) is 8.13. The summed E-state index contributed by atoms with van der Waals surface area (Å²) in [6.45, 7) is 1.55. The van der Waals surface area contributed by atoms with E-state index in [9.17, 15) is 9.90 Å². The molecule has 4 nitrogen and oxygen atoms in total. The topological polar surface area (TPSA) is 77.8 Å². The van der Waals surface area contributed by atoms with Gasteiger partial charge in [-0.15, -0.1) is 0 Å². The van der Waals surface area contributed by atoms with Crippen molar-refractivity contribution in [2.24, 2.45) is 0 Å². The van der Waals surface area contributed by atoms with Gasteiger partial charge in [0.15, 0.2) is 5.78 Å². The second-order valence-electron chi connectivity index (χ2n) is 4.20. The SMILES string of the molecule is CCCCCCCC=CC(=O)C(O)[C@@H](O)CO. The predicted molar refractivity (Wildman–Crippen MR) is 66.6 cm³/mol. The van der Waals surface area contributed by atoms with E-state index in [4.69, 9.17) is 10.2 Å². The maximum Gasteiger partial charge on any atom is 0.186 e. The summed E-state index contributed by atoms with van der Waals surface area (Å²) in [7, 11) is 0. The Labute approximate surface area is 103 Å². The minimum atomic E-state index is -1.52. The lowest BCUT2D eigenvalue weighted by atomic mass is 10.1. The fourth-order valence-electron chi connectivity index (χ4n) is 1.45. The molecule has 0 aliphatic carbocycles. The first-order valence-corrected chi connectivity index (χ1v) is 6.30. The van der Waals surface area contributed by atoms with Gasteiger partial charge in [0, 0.05) is 0 Å². The van der Waals surface area contributed by atoms with Crippen LogP contribution in [0.2, 0.25) is 0 Å². The lowest BCUT2D eigenvalue weighted by molar-refractivity contribution is -0.129. The number of aliphatic hydroxyl groups excluding tert-OH is 3. The molecule has 0 radical (unpaired) electrons. The lowest BCUT2D eigenvalue weighted by Gasteiger charge is -2.11. The van der Waals surface area contributed by atoms with Gasteiger partial charge in [-0.1, -0.05) is 38.7 Å². The molecule has 4 heteroatoms. The van der Waals surface area contributed by atoms with Crippen LogP contribution in [0.5, 0.6) is 0 Å². The van der Waals surface area contributed by atoms with Crippen molar-refractivity contribution in [1.82, 2.24) is 0 Å². The van der Waals surface area contributed by atoms with Crippen LogP contribution in [0.25, 0.3) is 0 Å². The average molecular weight is 244 g/mol. The van der Waals surface area contributed by atoms with Gasteiger partial charge in [0.05, 0.1) is 6.61 Å². The second-order valence-corrected chi connectivity index (χ2v) is 4.20. The van der Waals surface area contributed by atoms with Crippen molar-refractivity contribution in [3.63, 3.8) is 0 Å². The largest absolute Gasteiger partial charge is 0.394 e. The minimum absolute atomic E-state index is 0.555. The molecule has 0 bridgehead atoms. The van der Waals surface area contributed by atoms with Gasteiger partial charge in [0.2, 0.25) is 0 Å².